The van der Waals surface area contributed by atoms with Crippen LogP contribution in [0, 0.1) is 11.8 Å². The third-order valence-electron chi connectivity index (χ3n) is 10.1. The number of nitrogens with one attached hydrogen (secondary N) is 1. The number of aliphatic hydroxyl groups is 1. The van der Waals surface area contributed by atoms with E-state index in [1.807, 2.05) is 48.5 Å². The second-order valence-corrected chi connectivity index (χ2v) is 12.9. The number of hydrogen-bond donors (Lipinski definition) is 2. The Labute approximate surface area is 290 Å². The second-order valence-electron chi connectivity index (χ2n) is 12.9. The van der Waals surface area contributed by atoms with Crippen LogP contribution >= 0.6 is 0 Å². The Morgan fingerprint density at radius 1 is 0.940 bits per heavy atom. The smallest absolute Gasteiger partial charge is 0.306 e. The van der Waals surface area contributed by atoms with Crippen molar-refractivity contribution in [3.63, 3.8) is 0 Å². The number of fused-ring (bicyclic) bond motifs is 2. The standard InChI is InChI=1S/C39H39N3O8/c1-48-28-19-17-27(18-20-28)41-22-10-21-39-34(37(46)42(35(39)38(41)47)30(23-43)26-13-6-3-7-14-26)33-31(50-39)15-8-9-16-32(44)49-24-29(40-36(33)45)25-11-4-2-5-12-25/h2-8,10-15,17-21,29-31,33-35,43H,9,16,22-24H2,1H3,(H,40,45)/b15-8-/t29-,30+,31+,33-,34-,35+,39-/m0/s1. The molecule has 3 amide bonds. The molecule has 0 aliphatic carbocycles. The number of ether oxygens (including phenoxy) is 3. The van der Waals surface area contributed by atoms with Crippen molar-refractivity contribution in [2.45, 2.75) is 42.7 Å². The molecule has 2 saturated heterocycles. The highest BCUT2D eigenvalue weighted by Gasteiger charge is 2.72. The number of likely N-dealkylation sites (tertiary alicyclic amines) is 1. The number of carbonyl (C=O) groups excluding carboxylic acids is 4. The SMILES string of the molecule is COc1ccc(N2CC=C[C@]34O[C@@H]5/C=C\CCC(=O)OC[C@@H](c6ccccc6)NC(=O)[C@@H]5[C@H]3C(=O)N([C@H](CO)c3ccccc3)[C@@H]4C2=O)cc1. The monoisotopic (exact) mass is 677 g/mol. The number of benzene rings is 3. The first-order valence-corrected chi connectivity index (χ1v) is 16.8. The van der Waals surface area contributed by atoms with Crippen LogP contribution in [0.3, 0.4) is 0 Å². The summed E-state index contributed by atoms with van der Waals surface area (Å²) in [6, 6.07) is 22.5. The van der Waals surface area contributed by atoms with Crippen LogP contribution < -0.4 is 15.0 Å². The van der Waals surface area contributed by atoms with Gasteiger partial charge >= 0.3 is 5.97 Å². The fourth-order valence-corrected chi connectivity index (χ4v) is 7.74. The predicted molar refractivity (Wildman–Crippen MR) is 183 cm³/mol. The number of methoxy groups -OCH3 is 1. The first-order valence-electron chi connectivity index (χ1n) is 16.8. The van der Waals surface area contributed by atoms with Gasteiger partial charge in [0.15, 0.2) is 0 Å². The maximum atomic E-state index is 15.0. The number of hydrogen-bond acceptors (Lipinski definition) is 8. The van der Waals surface area contributed by atoms with Crippen LogP contribution in [0.4, 0.5) is 5.69 Å². The summed E-state index contributed by atoms with van der Waals surface area (Å²) < 4.78 is 17.7. The van der Waals surface area contributed by atoms with Crippen molar-refractivity contribution in [2.75, 3.05) is 31.8 Å². The Morgan fingerprint density at radius 3 is 2.36 bits per heavy atom. The summed E-state index contributed by atoms with van der Waals surface area (Å²) in [5.74, 6) is -3.30. The van der Waals surface area contributed by atoms with Gasteiger partial charge in [0, 0.05) is 18.7 Å². The van der Waals surface area contributed by atoms with E-state index in [4.69, 9.17) is 14.2 Å². The van der Waals surface area contributed by atoms with Crippen LogP contribution in [-0.4, -0.2) is 78.3 Å². The van der Waals surface area contributed by atoms with Gasteiger partial charge < -0.3 is 34.4 Å². The van der Waals surface area contributed by atoms with E-state index in [1.165, 1.54) is 4.90 Å². The molecule has 0 bridgehead atoms. The van der Waals surface area contributed by atoms with Crippen molar-refractivity contribution in [3.05, 3.63) is 120 Å². The molecule has 1 spiro atoms. The molecule has 50 heavy (non-hydrogen) atoms. The van der Waals surface area contributed by atoms with Gasteiger partial charge in [-0.25, -0.2) is 0 Å². The molecule has 2 fully saturated rings. The summed E-state index contributed by atoms with van der Waals surface area (Å²) in [5, 5.41) is 13.9. The van der Waals surface area contributed by atoms with E-state index in [2.05, 4.69) is 5.32 Å². The lowest BCUT2D eigenvalue weighted by Gasteiger charge is -2.38. The normalized spacial score (nSPS) is 29.4. The Kier molecular flexibility index (Phi) is 9.26. The maximum absolute atomic E-state index is 15.0. The largest absolute Gasteiger partial charge is 0.497 e. The van der Waals surface area contributed by atoms with Crippen LogP contribution in [0.25, 0.3) is 0 Å². The molecular weight excluding hydrogens is 638 g/mol. The average Bonchev–Trinajstić information content (AvgIpc) is 3.53. The zero-order valence-corrected chi connectivity index (χ0v) is 27.6. The molecule has 7 rings (SSSR count). The van der Waals surface area contributed by atoms with Gasteiger partial charge in [-0.05, 0) is 41.8 Å². The van der Waals surface area contributed by atoms with Crippen LogP contribution in [0.5, 0.6) is 5.75 Å². The topological polar surface area (TPSA) is 135 Å². The number of aliphatic hydroxyl groups excluding tert-OH is 1. The summed E-state index contributed by atoms with van der Waals surface area (Å²) in [5.41, 5.74) is 0.406. The van der Waals surface area contributed by atoms with Crippen molar-refractivity contribution in [1.82, 2.24) is 10.2 Å². The summed E-state index contributed by atoms with van der Waals surface area (Å²) in [4.78, 5) is 60.1. The number of anilines is 1. The van der Waals surface area contributed by atoms with Crippen LogP contribution in [0.2, 0.25) is 0 Å². The number of esters is 1. The molecule has 0 saturated carbocycles. The summed E-state index contributed by atoms with van der Waals surface area (Å²) in [7, 11) is 1.56. The summed E-state index contributed by atoms with van der Waals surface area (Å²) in [6.45, 7) is -0.370. The third-order valence-corrected chi connectivity index (χ3v) is 10.1. The predicted octanol–water partition coefficient (Wildman–Crippen LogP) is 3.66. The Balaban J connectivity index is 1.35. The Bertz CT molecular complexity index is 1800. The molecular formula is C39H39N3O8. The lowest BCUT2D eigenvalue weighted by Crippen LogP contribution is -2.56. The lowest BCUT2D eigenvalue weighted by atomic mass is 9.77. The van der Waals surface area contributed by atoms with Gasteiger partial charge in [-0.15, -0.1) is 0 Å². The minimum absolute atomic E-state index is 0.0924. The number of allylic oxidation sites excluding steroid dienone is 1. The van der Waals surface area contributed by atoms with Crippen molar-refractivity contribution in [3.8, 4) is 5.75 Å². The average molecular weight is 678 g/mol. The third kappa shape index (κ3) is 5.86. The first-order chi connectivity index (χ1) is 24.4. The first kappa shape index (κ1) is 33.2. The minimum atomic E-state index is -1.55. The van der Waals surface area contributed by atoms with Crippen molar-refractivity contribution in [1.29, 1.82) is 0 Å². The Hall–Kier alpha value is -5.26. The lowest BCUT2D eigenvalue weighted by molar-refractivity contribution is -0.146. The van der Waals surface area contributed by atoms with Crippen molar-refractivity contribution < 1.29 is 38.5 Å². The maximum Gasteiger partial charge on any atom is 0.306 e. The molecule has 0 unspecified atom stereocenters. The number of amides is 3. The highest BCUT2D eigenvalue weighted by molar-refractivity contribution is 6.06. The molecule has 0 aromatic heterocycles. The van der Waals surface area contributed by atoms with E-state index in [9.17, 15) is 19.5 Å². The molecule has 0 radical (unpaired) electrons. The number of cyclic esters (lactones) is 1. The fraction of sp³-hybridized carbons (Fsp3) is 0.333. The van der Waals surface area contributed by atoms with E-state index < -0.39 is 72.0 Å². The molecule has 11 heteroatoms. The zero-order valence-electron chi connectivity index (χ0n) is 27.6. The van der Waals surface area contributed by atoms with Crippen LogP contribution in [0.15, 0.2) is 109 Å². The highest BCUT2D eigenvalue weighted by Crippen LogP contribution is 2.55. The molecule has 4 aliphatic rings. The van der Waals surface area contributed by atoms with Crippen molar-refractivity contribution >= 4 is 29.4 Å². The van der Waals surface area contributed by atoms with Gasteiger partial charge in [-0.3, -0.25) is 19.2 Å². The summed E-state index contributed by atoms with van der Waals surface area (Å²) in [6.07, 6.45) is 6.59. The quantitative estimate of drug-likeness (QED) is 0.298. The van der Waals surface area contributed by atoms with E-state index >= 15 is 4.79 Å². The molecule has 3 aromatic rings. The van der Waals surface area contributed by atoms with Gasteiger partial charge in [-0.2, -0.15) is 0 Å². The van der Waals surface area contributed by atoms with Gasteiger partial charge in [-0.1, -0.05) is 85.0 Å². The molecule has 4 aliphatic heterocycles. The number of rotatable bonds is 6. The van der Waals surface area contributed by atoms with Crippen molar-refractivity contribution in [2.24, 2.45) is 11.8 Å². The van der Waals surface area contributed by atoms with E-state index in [1.54, 1.807) is 72.7 Å². The second kappa shape index (κ2) is 13.9. The van der Waals surface area contributed by atoms with Gasteiger partial charge in [0.2, 0.25) is 11.8 Å². The van der Waals surface area contributed by atoms with Crippen LogP contribution in [-0.2, 0) is 28.7 Å². The molecule has 11 nitrogen and oxygen atoms in total. The van der Waals surface area contributed by atoms with E-state index in [-0.39, 0.29) is 19.6 Å². The van der Waals surface area contributed by atoms with Crippen LogP contribution in [0.1, 0.15) is 36.1 Å². The van der Waals surface area contributed by atoms with Gasteiger partial charge in [0.1, 0.15) is 24.0 Å². The molecule has 7 atom stereocenters. The molecule has 3 aromatic carbocycles. The zero-order chi connectivity index (χ0) is 34.8. The minimum Gasteiger partial charge on any atom is -0.497 e. The fourth-order valence-electron chi connectivity index (χ4n) is 7.74. The van der Waals surface area contributed by atoms with Gasteiger partial charge in [0.25, 0.3) is 5.91 Å². The Morgan fingerprint density at radius 2 is 1.66 bits per heavy atom. The molecule has 258 valence electrons. The van der Waals surface area contributed by atoms with E-state index in [0.717, 1.165) is 5.56 Å². The molecule has 2 N–H and O–H groups in total. The number of nitrogens with zero attached hydrogens (tertiary/aromatic N) is 2. The van der Waals surface area contributed by atoms with Gasteiger partial charge in [0.05, 0.1) is 43.7 Å². The summed E-state index contributed by atoms with van der Waals surface area (Å²) >= 11 is 0. The molecule has 4 heterocycles. The highest BCUT2D eigenvalue weighted by atomic mass is 16.5. The number of carbonyl (C=O) groups is 4. The van der Waals surface area contributed by atoms with E-state index in [0.29, 0.717) is 23.4 Å².